The number of aryl methyl sites for hydroxylation is 2. The summed E-state index contributed by atoms with van der Waals surface area (Å²) in [5.74, 6) is -0.718. The van der Waals surface area contributed by atoms with Gasteiger partial charge >= 0.3 is 5.97 Å². The SMILES string of the molecule is CCc1cccc2c3c([nH]c12)[C@](C)(CC(=O)O)CC3. The molecule has 0 radical (unpaired) electrons. The Kier molecular flexibility index (Phi) is 2.66. The summed E-state index contributed by atoms with van der Waals surface area (Å²) in [4.78, 5) is 14.6. The largest absolute Gasteiger partial charge is 0.481 e. The third kappa shape index (κ3) is 1.76. The predicted molar refractivity (Wildman–Crippen MR) is 75.6 cm³/mol. The number of rotatable bonds is 3. The van der Waals surface area contributed by atoms with E-state index in [-0.39, 0.29) is 11.8 Å². The van der Waals surface area contributed by atoms with Crippen molar-refractivity contribution in [3.05, 3.63) is 35.0 Å². The van der Waals surface area contributed by atoms with Crippen LogP contribution in [0, 0.1) is 0 Å². The Morgan fingerprint density at radius 3 is 2.95 bits per heavy atom. The Morgan fingerprint density at radius 2 is 2.26 bits per heavy atom. The minimum atomic E-state index is -0.718. The molecule has 19 heavy (non-hydrogen) atoms. The third-order valence-corrected chi connectivity index (χ3v) is 4.48. The molecular weight excluding hydrogens is 238 g/mol. The number of aliphatic carboxylic acids is 1. The lowest BCUT2D eigenvalue weighted by Gasteiger charge is -2.21. The zero-order valence-electron chi connectivity index (χ0n) is 11.4. The van der Waals surface area contributed by atoms with Gasteiger partial charge in [0.15, 0.2) is 0 Å². The van der Waals surface area contributed by atoms with E-state index in [1.54, 1.807) is 0 Å². The molecule has 0 saturated carbocycles. The van der Waals surface area contributed by atoms with Crippen LogP contribution in [0.3, 0.4) is 0 Å². The number of hydrogen-bond donors (Lipinski definition) is 2. The van der Waals surface area contributed by atoms with Crippen LogP contribution < -0.4 is 0 Å². The van der Waals surface area contributed by atoms with E-state index in [1.807, 2.05) is 0 Å². The van der Waals surface area contributed by atoms with E-state index in [2.05, 4.69) is 37.0 Å². The van der Waals surface area contributed by atoms with Crippen molar-refractivity contribution in [2.45, 2.75) is 44.9 Å². The Labute approximate surface area is 112 Å². The van der Waals surface area contributed by atoms with Crippen LogP contribution in [0.2, 0.25) is 0 Å². The summed E-state index contributed by atoms with van der Waals surface area (Å²) in [7, 11) is 0. The van der Waals surface area contributed by atoms with E-state index >= 15 is 0 Å². The van der Waals surface area contributed by atoms with Gasteiger partial charge in [0.1, 0.15) is 0 Å². The maximum Gasteiger partial charge on any atom is 0.304 e. The molecule has 1 aliphatic rings. The summed E-state index contributed by atoms with van der Waals surface area (Å²) < 4.78 is 0. The highest BCUT2D eigenvalue weighted by molar-refractivity contribution is 5.89. The van der Waals surface area contributed by atoms with Gasteiger partial charge in [0, 0.05) is 22.0 Å². The quantitative estimate of drug-likeness (QED) is 0.885. The number of benzene rings is 1. The molecule has 1 aromatic carbocycles. The van der Waals surface area contributed by atoms with E-state index in [0.29, 0.717) is 0 Å². The average Bonchev–Trinajstić information content (AvgIpc) is 2.87. The maximum absolute atomic E-state index is 11.1. The Hall–Kier alpha value is -1.77. The van der Waals surface area contributed by atoms with Gasteiger partial charge in [-0.15, -0.1) is 0 Å². The highest BCUT2D eigenvalue weighted by Gasteiger charge is 2.39. The van der Waals surface area contributed by atoms with Gasteiger partial charge in [-0.1, -0.05) is 32.0 Å². The molecule has 0 bridgehead atoms. The van der Waals surface area contributed by atoms with E-state index in [4.69, 9.17) is 5.11 Å². The van der Waals surface area contributed by atoms with Crippen LogP contribution in [-0.4, -0.2) is 16.1 Å². The lowest BCUT2D eigenvalue weighted by atomic mass is 9.84. The van der Waals surface area contributed by atoms with Gasteiger partial charge in [-0.2, -0.15) is 0 Å². The van der Waals surface area contributed by atoms with Crippen LogP contribution >= 0.6 is 0 Å². The van der Waals surface area contributed by atoms with Gasteiger partial charge in [-0.25, -0.2) is 0 Å². The third-order valence-electron chi connectivity index (χ3n) is 4.48. The van der Waals surface area contributed by atoms with Crippen LogP contribution in [0.4, 0.5) is 0 Å². The molecule has 0 fully saturated rings. The second kappa shape index (κ2) is 4.12. The summed E-state index contributed by atoms with van der Waals surface area (Å²) in [6, 6.07) is 6.39. The lowest BCUT2D eigenvalue weighted by Crippen LogP contribution is -2.23. The summed E-state index contributed by atoms with van der Waals surface area (Å²) in [5, 5.41) is 10.4. The van der Waals surface area contributed by atoms with Crippen molar-refractivity contribution in [2.75, 3.05) is 0 Å². The van der Waals surface area contributed by atoms with Gasteiger partial charge in [-0.3, -0.25) is 4.79 Å². The molecule has 1 aliphatic carbocycles. The van der Waals surface area contributed by atoms with Crippen molar-refractivity contribution in [1.82, 2.24) is 4.98 Å². The molecule has 0 aliphatic heterocycles. The topological polar surface area (TPSA) is 53.1 Å². The molecule has 0 amide bonds. The van der Waals surface area contributed by atoms with Crippen LogP contribution in [0.5, 0.6) is 0 Å². The number of aromatic nitrogens is 1. The van der Waals surface area contributed by atoms with Gasteiger partial charge in [-0.05, 0) is 30.4 Å². The van der Waals surface area contributed by atoms with E-state index in [0.717, 1.165) is 25.0 Å². The smallest absolute Gasteiger partial charge is 0.304 e. The normalized spacial score (nSPS) is 21.8. The first-order valence-electron chi connectivity index (χ1n) is 6.90. The number of H-pyrrole nitrogens is 1. The number of carbonyl (C=O) groups is 1. The Morgan fingerprint density at radius 1 is 1.47 bits per heavy atom. The molecule has 3 rings (SSSR count). The van der Waals surface area contributed by atoms with Crippen molar-refractivity contribution in [3.63, 3.8) is 0 Å². The first kappa shape index (κ1) is 12.3. The van der Waals surface area contributed by atoms with E-state index < -0.39 is 5.97 Å². The number of para-hydroxylation sites is 1. The van der Waals surface area contributed by atoms with Crippen LogP contribution in [0.15, 0.2) is 18.2 Å². The fourth-order valence-corrected chi connectivity index (χ4v) is 3.44. The molecule has 0 spiro atoms. The lowest BCUT2D eigenvalue weighted by molar-refractivity contribution is -0.138. The summed E-state index contributed by atoms with van der Waals surface area (Å²) in [6.07, 6.45) is 3.10. The van der Waals surface area contributed by atoms with Crippen LogP contribution in [0.25, 0.3) is 10.9 Å². The van der Waals surface area contributed by atoms with E-state index in [1.165, 1.54) is 22.0 Å². The molecule has 2 aromatic rings. The molecule has 1 aromatic heterocycles. The second-order valence-corrected chi connectivity index (χ2v) is 5.80. The second-order valence-electron chi connectivity index (χ2n) is 5.80. The summed E-state index contributed by atoms with van der Waals surface area (Å²) in [5.41, 5.74) is 4.74. The fraction of sp³-hybridized carbons (Fsp3) is 0.438. The number of carboxylic acid groups (broad SMARTS) is 1. The molecule has 3 heteroatoms. The average molecular weight is 257 g/mol. The molecule has 3 nitrogen and oxygen atoms in total. The van der Waals surface area contributed by atoms with Crippen molar-refractivity contribution < 1.29 is 9.90 Å². The molecule has 2 N–H and O–H groups in total. The highest BCUT2D eigenvalue weighted by Crippen LogP contribution is 2.44. The number of aromatic amines is 1. The molecule has 1 heterocycles. The van der Waals surface area contributed by atoms with Crippen molar-refractivity contribution in [1.29, 1.82) is 0 Å². The van der Waals surface area contributed by atoms with Crippen molar-refractivity contribution in [3.8, 4) is 0 Å². The molecule has 0 saturated heterocycles. The summed E-state index contributed by atoms with van der Waals surface area (Å²) in [6.45, 7) is 4.21. The van der Waals surface area contributed by atoms with Crippen LogP contribution in [0.1, 0.15) is 43.5 Å². The highest BCUT2D eigenvalue weighted by atomic mass is 16.4. The monoisotopic (exact) mass is 257 g/mol. The van der Waals surface area contributed by atoms with Gasteiger partial charge < -0.3 is 10.1 Å². The fourth-order valence-electron chi connectivity index (χ4n) is 3.44. The Bertz CT molecular complexity index is 656. The van der Waals surface area contributed by atoms with Crippen molar-refractivity contribution >= 4 is 16.9 Å². The minimum absolute atomic E-state index is 0.203. The van der Waals surface area contributed by atoms with Gasteiger partial charge in [0.05, 0.1) is 6.42 Å². The first-order chi connectivity index (χ1) is 9.05. The molecule has 100 valence electrons. The number of nitrogens with one attached hydrogen (secondary N) is 1. The first-order valence-corrected chi connectivity index (χ1v) is 6.90. The predicted octanol–water partition coefficient (Wildman–Crippen LogP) is 3.41. The number of fused-ring (bicyclic) bond motifs is 3. The van der Waals surface area contributed by atoms with Gasteiger partial charge in [0.25, 0.3) is 0 Å². The zero-order valence-corrected chi connectivity index (χ0v) is 11.4. The zero-order chi connectivity index (χ0) is 13.6. The van der Waals surface area contributed by atoms with Crippen molar-refractivity contribution in [2.24, 2.45) is 0 Å². The van der Waals surface area contributed by atoms with Gasteiger partial charge in [0.2, 0.25) is 0 Å². The maximum atomic E-state index is 11.1. The standard InChI is InChI=1S/C16H19NO2/c1-3-10-5-4-6-11-12-7-8-16(2,9-13(18)19)15(12)17-14(10)11/h4-6,17H,3,7-9H2,1-2H3,(H,18,19)/t16-/m0/s1. The summed E-state index contributed by atoms with van der Waals surface area (Å²) >= 11 is 0. The number of carboxylic acids is 1. The van der Waals surface area contributed by atoms with E-state index in [9.17, 15) is 4.79 Å². The molecular formula is C16H19NO2. The number of hydrogen-bond acceptors (Lipinski definition) is 1. The Balaban J connectivity index is 2.19. The molecule has 0 unspecified atom stereocenters. The molecule has 1 atom stereocenters. The minimum Gasteiger partial charge on any atom is -0.481 e. The van der Waals surface area contributed by atoms with Crippen LogP contribution in [-0.2, 0) is 23.1 Å².